The molecule has 0 unspecified atom stereocenters. The van der Waals surface area contributed by atoms with Gasteiger partial charge in [0, 0.05) is 17.8 Å². The SMILES string of the molecule is Cc1nc(NC(=O)[C@H]2CC(=O)N(c3n[nH]c4cccc(F)c34)C2)sc1C. The zero-order valence-corrected chi connectivity index (χ0v) is 15.0. The molecule has 4 rings (SSSR count). The van der Waals surface area contributed by atoms with E-state index in [1.165, 1.54) is 22.3 Å². The summed E-state index contributed by atoms with van der Waals surface area (Å²) in [6.07, 6.45) is 0.0536. The van der Waals surface area contributed by atoms with Crippen molar-refractivity contribution in [3.63, 3.8) is 0 Å². The van der Waals surface area contributed by atoms with Crippen molar-refractivity contribution in [2.45, 2.75) is 20.3 Å². The number of halogens is 1. The topological polar surface area (TPSA) is 91.0 Å². The standard InChI is InChI=1S/C17H16FN5O2S/c1-8-9(2)26-17(19-8)20-16(25)10-6-13(24)23(7-10)15-14-11(18)4-3-5-12(14)21-22-15/h3-5,10H,6-7H2,1-2H3,(H,21,22)(H,19,20,25)/t10-/m0/s1. The van der Waals surface area contributed by atoms with Crippen LogP contribution in [0.1, 0.15) is 17.0 Å². The van der Waals surface area contributed by atoms with Gasteiger partial charge in [-0.15, -0.1) is 11.3 Å². The van der Waals surface area contributed by atoms with Gasteiger partial charge < -0.3 is 5.32 Å². The highest BCUT2D eigenvalue weighted by atomic mass is 32.1. The lowest BCUT2D eigenvalue weighted by Gasteiger charge is -2.14. The average Bonchev–Trinajstić information content (AvgIpc) is 3.26. The van der Waals surface area contributed by atoms with Gasteiger partial charge in [0.25, 0.3) is 0 Å². The molecule has 26 heavy (non-hydrogen) atoms. The predicted molar refractivity (Wildman–Crippen MR) is 96.7 cm³/mol. The molecule has 9 heteroatoms. The number of benzene rings is 1. The van der Waals surface area contributed by atoms with Gasteiger partial charge in [-0.1, -0.05) is 6.07 Å². The number of hydrogen-bond acceptors (Lipinski definition) is 5. The molecule has 1 aliphatic rings. The molecule has 2 amide bonds. The maximum absolute atomic E-state index is 14.2. The van der Waals surface area contributed by atoms with E-state index in [0.29, 0.717) is 10.6 Å². The van der Waals surface area contributed by atoms with Crippen LogP contribution in [-0.2, 0) is 9.59 Å². The molecule has 0 saturated carbocycles. The first-order chi connectivity index (χ1) is 12.4. The van der Waals surface area contributed by atoms with E-state index in [-0.39, 0.29) is 36.0 Å². The number of aryl methyl sites for hydroxylation is 2. The highest BCUT2D eigenvalue weighted by molar-refractivity contribution is 7.15. The van der Waals surface area contributed by atoms with Crippen molar-refractivity contribution in [1.29, 1.82) is 0 Å². The molecule has 1 aliphatic heterocycles. The van der Waals surface area contributed by atoms with E-state index >= 15 is 0 Å². The maximum atomic E-state index is 14.2. The minimum Gasteiger partial charge on any atom is -0.302 e. The molecule has 3 heterocycles. The van der Waals surface area contributed by atoms with Crippen molar-refractivity contribution < 1.29 is 14.0 Å². The number of aromatic nitrogens is 3. The van der Waals surface area contributed by atoms with Crippen molar-refractivity contribution >= 4 is 45.0 Å². The Balaban J connectivity index is 1.55. The molecule has 1 aromatic carbocycles. The summed E-state index contributed by atoms with van der Waals surface area (Å²) in [7, 11) is 0. The maximum Gasteiger partial charge on any atom is 0.231 e. The fourth-order valence-electron chi connectivity index (χ4n) is 3.03. The smallest absolute Gasteiger partial charge is 0.231 e. The van der Waals surface area contributed by atoms with Gasteiger partial charge in [-0.3, -0.25) is 19.6 Å². The molecule has 3 aromatic rings. The van der Waals surface area contributed by atoms with Crippen LogP contribution in [0.5, 0.6) is 0 Å². The van der Waals surface area contributed by atoms with Crippen LogP contribution in [0.3, 0.4) is 0 Å². The van der Waals surface area contributed by atoms with Gasteiger partial charge in [-0.25, -0.2) is 9.37 Å². The molecule has 7 nitrogen and oxygen atoms in total. The Kier molecular flexibility index (Phi) is 3.95. The Morgan fingerprint density at radius 2 is 2.23 bits per heavy atom. The lowest BCUT2D eigenvalue weighted by atomic mass is 10.1. The van der Waals surface area contributed by atoms with E-state index in [0.717, 1.165) is 10.6 Å². The number of nitrogens with zero attached hydrogens (tertiary/aromatic N) is 3. The van der Waals surface area contributed by atoms with E-state index < -0.39 is 11.7 Å². The second kappa shape index (κ2) is 6.17. The Bertz CT molecular complexity index is 1010. The van der Waals surface area contributed by atoms with Crippen molar-refractivity contribution in [2.24, 2.45) is 5.92 Å². The molecule has 1 fully saturated rings. The number of anilines is 2. The van der Waals surface area contributed by atoms with Crippen molar-refractivity contribution in [3.05, 3.63) is 34.6 Å². The lowest BCUT2D eigenvalue weighted by molar-refractivity contribution is -0.122. The summed E-state index contributed by atoms with van der Waals surface area (Å²) in [4.78, 5) is 31.6. The molecule has 2 aromatic heterocycles. The largest absolute Gasteiger partial charge is 0.302 e. The molecule has 1 atom stereocenters. The third-order valence-corrected chi connectivity index (χ3v) is 5.52. The van der Waals surface area contributed by atoms with Gasteiger partial charge >= 0.3 is 0 Å². The number of aromatic amines is 1. The van der Waals surface area contributed by atoms with Crippen molar-refractivity contribution in [1.82, 2.24) is 15.2 Å². The van der Waals surface area contributed by atoms with E-state index in [1.54, 1.807) is 12.1 Å². The predicted octanol–water partition coefficient (Wildman–Crippen LogP) is 2.77. The molecule has 2 N–H and O–H groups in total. The number of H-pyrrole nitrogens is 1. The number of nitrogens with one attached hydrogen (secondary N) is 2. The number of hydrogen-bond donors (Lipinski definition) is 2. The summed E-state index contributed by atoms with van der Waals surface area (Å²) in [6.45, 7) is 3.96. The van der Waals surface area contributed by atoms with Crippen LogP contribution in [0.15, 0.2) is 18.2 Å². The summed E-state index contributed by atoms with van der Waals surface area (Å²) < 4.78 is 14.2. The molecular formula is C17H16FN5O2S. The zero-order valence-electron chi connectivity index (χ0n) is 14.2. The zero-order chi connectivity index (χ0) is 18.4. The molecular weight excluding hydrogens is 357 g/mol. The van der Waals surface area contributed by atoms with Crippen LogP contribution in [0.4, 0.5) is 15.3 Å². The first-order valence-electron chi connectivity index (χ1n) is 8.12. The Hall–Kier alpha value is -2.81. The van der Waals surface area contributed by atoms with Gasteiger partial charge in [0.05, 0.1) is 22.5 Å². The van der Waals surface area contributed by atoms with Crippen LogP contribution in [0, 0.1) is 25.6 Å². The molecule has 1 saturated heterocycles. The summed E-state index contributed by atoms with van der Waals surface area (Å²) >= 11 is 1.40. The number of carbonyl (C=O) groups is 2. The highest BCUT2D eigenvalue weighted by Gasteiger charge is 2.37. The third-order valence-electron chi connectivity index (χ3n) is 4.53. The van der Waals surface area contributed by atoms with E-state index in [4.69, 9.17) is 0 Å². The highest BCUT2D eigenvalue weighted by Crippen LogP contribution is 2.32. The normalized spacial score (nSPS) is 17.3. The van der Waals surface area contributed by atoms with E-state index in [2.05, 4.69) is 20.5 Å². The first kappa shape index (κ1) is 16.6. The van der Waals surface area contributed by atoms with Gasteiger partial charge in [0.2, 0.25) is 11.8 Å². The first-order valence-corrected chi connectivity index (χ1v) is 8.93. The number of amides is 2. The van der Waals surface area contributed by atoms with Crippen LogP contribution in [0.25, 0.3) is 10.9 Å². The summed E-state index contributed by atoms with van der Waals surface area (Å²) in [5.74, 6) is -1.30. The minimum absolute atomic E-state index is 0.0536. The van der Waals surface area contributed by atoms with Crippen LogP contribution in [-0.4, -0.2) is 33.5 Å². The Morgan fingerprint density at radius 3 is 2.96 bits per heavy atom. The quantitative estimate of drug-likeness (QED) is 0.739. The van der Waals surface area contributed by atoms with Crippen LogP contribution in [0.2, 0.25) is 0 Å². The van der Waals surface area contributed by atoms with Gasteiger partial charge in [0.15, 0.2) is 10.9 Å². The fourth-order valence-corrected chi connectivity index (χ4v) is 3.85. The summed E-state index contributed by atoms with van der Waals surface area (Å²) in [5, 5.41) is 10.4. The van der Waals surface area contributed by atoms with E-state index in [1.807, 2.05) is 13.8 Å². The number of fused-ring (bicyclic) bond motifs is 1. The minimum atomic E-state index is -0.537. The molecule has 0 bridgehead atoms. The number of carbonyl (C=O) groups excluding carboxylic acids is 2. The lowest BCUT2D eigenvalue weighted by Crippen LogP contribution is -2.28. The average molecular weight is 373 g/mol. The molecule has 0 radical (unpaired) electrons. The second-order valence-electron chi connectivity index (χ2n) is 6.26. The Labute approximate surface area is 152 Å². The second-order valence-corrected chi connectivity index (χ2v) is 7.47. The van der Waals surface area contributed by atoms with Crippen LogP contribution >= 0.6 is 11.3 Å². The fraction of sp³-hybridized carbons (Fsp3) is 0.294. The summed E-state index contributed by atoms with van der Waals surface area (Å²) in [5.41, 5.74) is 1.38. The van der Waals surface area contributed by atoms with Gasteiger partial charge in [-0.2, -0.15) is 5.10 Å². The number of rotatable bonds is 3. The Morgan fingerprint density at radius 1 is 1.42 bits per heavy atom. The number of thiazole rings is 1. The molecule has 0 aliphatic carbocycles. The van der Waals surface area contributed by atoms with Gasteiger partial charge in [-0.05, 0) is 26.0 Å². The van der Waals surface area contributed by atoms with Crippen LogP contribution < -0.4 is 10.2 Å². The summed E-state index contributed by atoms with van der Waals surface area (Å²) in [6, 6.07) is 4.58. The molecule has 0 spiro atoms. The van der Waals surface area contributed by atoms with E-state index in [9.17, 15) is 14.0 Å². The molecule has 134 valence electrons. The third kappa shape index (κ3) is 2.74. The van der Waals surface area contributed by atoms with Gasteiger partial charge in [0.1, 0.15) is 5.82 Å². The van der Waals surface area contributed by atoms with Crippen molar-refractivity contribution in [2.75, 3.05) is 16.8 Å². The van der Waals surface area contributed by atoms with Crippen molar-refractivity contribution in [3.8, 4) is 0 Å². The monoisotopic (exact) mass is 373 g/mol.